The molecule has 0 amide bonds. The van der Waals surface area contributed by atoms with Crippen LogP contribution in [0, 0.1) is 0 Å². The molecule has 2 N–H and O–H groups in total. The standard InChI is InChI=1S/C14H15N3O4/c1-2-19-14(18)12-13(15)17(7-16-12)6-9-3-4-10-11(5-9)21-8-20-10/h3-5,7H,2,6,8,15H2,1H3. The van der Waals surface area contributed by atoms with Crippen molar-refractivity contribution in [3.8, 4) is 11.5 Å². The van der Waals surface area contributed by atoms with Crippen LogP contribution in [0.2, 0.25) is 0 Å². The van der Waals surface area contributed by atoms with Gasteiger partial charge in [-0.3, -0.25) is 0 Å². The van der Waals surface area contributed by atoms with Crippen LogP contribution in [0.15, 0.2) is 24.5 Å². The minimum absolute atomic E-state index is 0.137. The molecule has 0 spiro atoms. The molecule has 0 atom stereocenters. The number of aromatic nitrogens is 2. The van der Waals surface area contributed by atoms with Crippen molar-refractivity contribution >= 4 is 11.8 Å². The van der Waals surface area contributed by atoms with Crippen LogP contribution in [-0.2, 0) is 11.3 Å². The topological polar surface area (TPSA) is 88.6 Å². The molecule has 0 unspecified atom stereocenters. The molecule has 1 aliphatic heterocycles. The molecule has 2 heterocycles. The maximum Gasteiger partial charge on any atom is 0.360 e. The van der Waals surface area contributed by atoms with Gasteiger partial charge in [0.05, 0.1) is 19.5 Å². The van der Waals surface area contributed by atoms with Gasteiger partial charge in [0, 0.05) is 0 Å². The van der Waals surface area contributed by atoms with Gasteiger partial charge >= 0.3 is 5.97 Å². The molecule has 0 fully saturated rings. The first-order valence-corrected chi connectivity index (χ1v) is 6.55. The number of ether oxygens (including phenoxy) is 3. The number of hydrogen-bond donors (Lipinski definition) is 1. The summed E-state index contributed by atoms with van der Waals surface area (Å²) in [6.07, 6.45) is 1.52. The third kappa shape index (κ3) is 2.49. The number of rotatable bonds is 4. The summed E-state index contributed by atoms with van der Waals surface area (Å²) in [5, 5.41) is 0. The maximum atomic E-state index is 11.7. The summed E-state index contributed by atoms with van der Waals surface area (Å²) in [5.41, 5.74) is 7.05. The quantitative estimate of drug-likeness (QED) is 0.856. The summed E-state index contributed by atoms with van der Waals surface area (Å²) in [6.45, 7) is 2.73. The monoisotopic (exact) mass is 289 g/mol. The average Bonchev–Trinajstić information content (AvgIpc) is 3.06. The highest BCUT2D eigenvalue weighted by molar-refractivity contribution is 5.92. The number of carbonyl (C=O) groups is 1. The molecule has 110 valence electrons. The SMILES string of the molecule is CCOC(=O)c1ncn(Cc2ccc3c(c2)OCO3)c1N. The van der Waals surface area contributed by atoms with Crippen LogP contribution in [0.25, 0.3) is 0 Å². The van der Waals surface area contributed by atoms with Gasteiger partial charge in [-0.2, -0.15) is 0 Å². The van der Waals surface area contributed by atoms with Crippen molar-refractivity contribution in [2.45, 2.75) is 13.5 Å². The molecule has 1 aromatic carbocycles. The first-order chi connectivity index (χ1) is 10.2. The van der Waals surface area contributed by atoms with Gasteiger partial charge in [-0.1, -0.05) is 6.07 Å². The Labute approximate surface area is 121 Å². The van der Waals surface area contributed by atoms with Gasteiger partial charge in [0.15, 0.2) is 17.2 Å². The van der Waals surface area contributed by atoms with Crippen molar-refractivity contribution in [3.05, 3.63) is 35.8 Å². The zero-order valence-corrected chi connectivity index (χ0v) is 11.5. The fraction of sp³-hybridized carbons (Fsp3) is 0.286. The molecule has 7 heteroatoms. The molecule has 21 heavy (non-hydrogen) atoms. The van der Waals surface area contributed by atoms with Crippen molar-refractivity contribution in [3.63, 3.8) is 0 Å². The first-order valence-electron chi connectivity index (χ1n) is 6.55. The van der Waals surface area contributed by atoms with Crippen molar-refractivity contribution in [1.82, 2.24) is 9.55 Å². The molecule has 2 aromatic rings. The molecular weight excluding hydrogens is 274 g/mol. The molecular formula is C14H15N3O4. The van der Waals surface area contributed by atoms with E-state index >= 15 is 0 Å². The summed E-state index contributed by atoms with van der Waals surface area (Å²) >= 11 is 0. The number of imidazole rings is 1. The second-order valence-corrected chi connectivity index (χ2v) is 4.51. The summed E-state index contributed by atoms with van der Waals surface area (Å²) in [6, 6.07) is 5.64. The predicted octanol–water partition coefficient (Wildman–Crippen LogP) is 1.42. The highest BCUT2D eigenvalue weighted by Crippen LogP contribution is 2.32. The Hall–Kier alpha value is -2.70. The van der Waals surface area contributed by atoms with Gasteiger partial charge < -0.3 is 24.5 Å². The lowest BCUT2D eigenvalue weighted by Crippen LogP contribution is -2.10. The summed E-state index contributed by atoms with van der Waals surface area (Å²) in [5.74, 6) is 1.20. The second-order valence-electron chi connectivity index (χ2n) is 4.51. The van der Waals surface area contributed by atoms with E-state index in [2.05, 4.69) is 4.98 Å². The van der Waals surface area contributed by atoms with Gasteiger partial charge in [-0.25, -0.2) is 9.78 Å². The Balaban J connectivity index is 1.81. The molecule has 1 aliphatic rings. The third-order valence-corrected chi connectivity index (χ3v) is 3.14. The van der Waals surface area contributed by atoms with Gasteiger partial charge in [0.25, 0.3) is 0 Å². The maximum absolute atomic E-state index is 11.7. The van der Waals surface area contributed by atoms with Crippen molar-refractivity contribution < 1.29 is 19.0 Å². The van der Waals surface area contributed by atoms with Gasteiger partial charge in [-0.15, -0.1) is 0 Å². The van der Waals surface area contributed by atoms with Crippen LogP contribution >= 0.6 is 0 Å². The number of esters is 1. The molecule has 3 rings (SSSR count). The van der Waals surface area contributed by atoms with Gasteiger partial charge in [0.2, 0.25) is 6.79 Å². The number of anilines is 1. The molecule has 0 aliphatic carbocycles. The average molecular weight is 289 g/mol. The Kier molecular flexibility index (Phi) is 3.39. The molecule has 0 bridgehead atoms. The molecule has 0 radical (unpaired) electrons. The Morgan fingerprint density at radius 3 is 3.05 bits per heavy atom. The molecule has 0 saturated heterocycles. The number of nitrogens with zero attached hydrogens (tertiary/aromatic N) is 2. The lowest BCUT2D eigenvalue weighted by molar-refractivity contribution is 0.0521. The summed E-state index contributed by atoms with van der Waals surface area (Å²) in [4.78, 5) is 15.7. The van der Waals surface area contributed by atoms with Crippen LogP contribution in [-0.4, -0.2) is 28.9 Å². The van der Waals surface area contributed by atoms with E-state index in [0.717, 1.165) is 11.3 Å². The van der Waals surface area contributed by atoms with E-state index in [1.165, 1.54) is 6.33 Å². The third-order valence-electron chi connectivity index (χ3n) is 3.14. The normalized spacial score (nSPS) is 12.4. The van der Waals surface area contributed by atoms with Crippen molar-refractivity contribution in [2.24, 2.45) is 0 Å². The number of carbonyl (C=O) groups excluding carboxylic acids is 1. The van der Waals surface area contributed by atoms with Crippen LogP contribution in [0.5, 0.6) is 11.5 Å². The van der Waals surface area contributed by atoms with E-state index in [4.69, 9.17) is 19.9 Å². The Bertz CT molecular complexity index is 681. The minimum Gasteiger partial charge on any atom is -0.461 e. The minimum atomic E-state index is -0.514. The van der Waals surface area contributed by atoms with E-state index in [9.17, 15) is 4.79 Å². The van der Waals surface area contributed by atoms with Gasteiger partial charge in [-0.05, 0) is 24.6 Å². The molecule has 0 saturated carbocycles. The number of benzene rings is 1. The first kappa shape index (κ1) is 13.3. The lowest BCUT2D eigenvalue weighted by atomic mass is 10.2. The van der Waals surface area contributed by atoms with E-state index in [0.29, 0.717) is 12.3 Å². The van der Waals surface area contributed by atoms with E-state index in [1.807, 2.05) is 18.2 Å². The Morgan fingerprint density at radius 2 is 2.24 bits per heavy atom. The fourth-order valence-corrected chi connectivity index (χ4v) is 2.11. The number of nitrogen functional groups attached to an aromatic ring is 1. The highest BCUT2D eigenvalue weighted by Gasteiger charge is 2.18. The zero-order valence-electron chi connectivity index (χ0n) is 11.5. The van der Waals surface area contributed by atoms with Crippen LogP contribution < -0.4 is 15.2 Å². The smallest absolute Gasteiger partial charge is 0.360 e. The number of fused-ring (bicyclic) bond motifs is 1. The lowest BCUT2D eigenvalue weighted by Gasteiger charge is -2.07. The fourth-order valence-electron chi connectivity index (χ4n) is 2.11. The summed E-state index contributed by atoms with van der Waals surface area (Å²) in [7, 11) is 0. The van der Waals surface area contributed by atoms with Crippen molar-refractivity contribution in [1.29, 1.82) is 0 Å². The van der Waals surface area contributed by atoms with Crippen LogP contribution in [0.4, 0.5) is 5.82 Å². The van der Waals surface area contributed by atoms with Crippen LogP contribution in [0.1, 0.15) is 23.0 Å². The van der Waals surface area contributed by atoms with E-state index < -0.39 is 5.97 Å². The summed E-state index contributed by atoms with van der Waals surface area (Å²) < 4.78 is 17.2. The van der Waals surface area contributed by atoms with Gasteiger partial charge in [0.1, 0.15) is 5.82 Å². The zero-order chi connectivity index (χ0) is 14.8. The number of hydrogen-bond acceptors (Lipinski definition) is 6. The van der Waals surface area contributed by atoms with E-state index in [1.54, 1.807) is 11.5 Å². The Morgan fingerprint density at radius 1 is 1.43 bits per heavy atom. The molecule has 7 nitrogen and oxygen atoms in total. The highest BCUT2D eigenvalue weighted by atomic mass is 16.7. The molecule has 1 aromatic heterocycles. The van der Waals surface area contributed by atoms with Crippen LogP contribution in [0.3, 0.4) is 0 Å². The second kappa shape index (κ2) is 5.35. The largest absolute Gasteiger partial charge is 0.461 e. The predicted molar refractivity (Wildman–Crippen MR) is 74.3 cm³/mol. The van der Waals surface area contributed by atoms with E-state index in [-0.39, 0.29) is 24.9 Å². The van der Waals surface area contributed by atoms with Crippen molar-refractivity contribution in [2.75, 3.05) is 19.1 Å². The number of nitrogens with two attached hydrogens (primary N) is 1.